The number of benzene rings is 1. The molecule has 0 N–H and O–H groups in total. The van der Waals surface area contributed by atoms with Crippen LogP contribution in [0.5, 0.6) is 0 Å². The number of carbonyl (C=O) groups excluding carboxylic acids is 3. The highest BCUT2D eigenvalue weighted by Gasteiger charge is 2.38. The number of hydrogen-bond donors (Lipinski definition) is 0. The van der Waals surface area contributed by atoms with E-state index >= 15 is 0 Å². The lowest BCUT2D eigenvalue weighted by Crippen LogP contribution is -2.45. The van der Waals surface area contributed by atoms with Crippen molar-refractivity contribution < 1.29 is 23.5 Å². The van der Waals surface area contributed by atoms with E-state index in [1.165, 1.54) is 12.1 Å². The zero-order valence-electron chi connectivity index (χ0n) is 17.2. The van der Waals surface area contributed by atoms with Gasteiger partial charge in [0.2, 0.25) is 0 Å². The molecule has 0 aliphatic carbocycles. The Morgan fingerprint density at radius 3 is 2.72 bits per heavy atom. The minimum atomic E-state index is -0.657. The van der Waals surface area contributed by atoms with E-state index in [-0.39, 0.29) is 28.5 Å². The van der Waals surface area contributed by atoms with E-state index in [0.717, 1.165) is 22.6 Å². The van der Waals surface area contributed by atoms with Gasteiger partial charge in [-0.25, -0.2) is 4.39 Å². The SMILES string of the molecule is CCOC(=O)CN1C(=O)S/C(=C\c2cc3c(cc2F)N(C)C(C)(C)CC3C)C1=O. The molecule has 156 valence electrons. The van der Waals surface area contributed by atoms with Crippen molar-refractivity contribution in [2.45, 2.75) is 45.6 Å². The normalized spacial score (nSPS) is 22.3. The molecule has 0 spiro atoms. The third-order valence-corrected chi connectivity index (χ3v) is 6.41. The molecular formula is C21H25FN2O4S. The third-order valence-electron chi connectivity index (χ3n) is 5.50. The van der Waals surface area contributed by atoms with Crippen molar-refractivity contribution in [3.05, 3.63) is 34.0 Å². The second-order valence-electron chi connectivity index (χ2n) is 7.98. The average molecular weight is 421 g/mol. The monoisotopic (exact) mass is 420 g/mol. The highest BCUT2D eigenvalue weighted by molar-refractivity contribution is 8.18. The van der Waals surface area contributed by atoms with E-state index in [0.29, 0.717) is 11.8 Å². The fraction of sp³-hybridized carbons (Fsp3) is 0.476. The first-order valence-corrected chi connectivity index (χ1v) is 10.3. The van der Waals surface area contributed by atoms with Gasteiger partial charge >= 0.3 is 5.97 Å². The average Bonchev–Trinajstić information content (AvgIpc) is 2.88. The highest BCUT2D eigenvalue weighted by Crippen LogP contribution is 2.44. The second kappa shape index (κ2) is 7.82. The maximum absolute atomic E-state index is 14.9. The number of esters is 1. The van der Waals surface area contributed by atoms with Crippen LogP contribution >= 0.6 is 11.8 Å². The number of imide groups is 1. The molecule has 8 heteroatoms. The molecule has 1 saturated heterocycles. The topological polar surface area (TPSA) is 66.9 Å². The number of rotatable bonds is 4. The number of thioether (sulfide) groups is 1. The fourth-order valence-corrected chi connectivity index (χ4v) is 4.66. The van der Waals surface area contributed by atoms with Gasteiger partial charge in [-0.05, 0) is 68.6 Å². The Morgan fingerprint density at radius 1 is 1.38 bits per heavy atom. The maximum Gasteiger partial charge on any atom is 0.326 e. The van der Waals surface area contributed by atoms with Crippen LogP contribution in [0, 0.1) is 5.82 Å². The molecule has 3 rings (SSSR count). The van der Waals surface area contributed by atoms with Gasteiger partial charge in [0.15, 0.2) is 0 Å². The van der Waals surface area contributed by atoms with E-state index in [1.54, 1.807) is 13.0 Å². The predicted molar refractivity (Wildman–Crippen MR) is 111 cm³/mol. The Bertz CT molecular complexity index is 912. The zero-order valence-corrected chi connectivity index (χ0v) is 18.1. The summed E-state index contributed by atoms with van der Waals surface area (Å²) in [5.41, 5.74) is 2.00. The van der Waals surface area contributed by atoms with Gasteiger partial charge in [-0.2, -0.15) is 0 Å². The maximum atomic E-state index is 14.9. The summed E-state index contributed by atoms with van der Waals surface area (Å²) < 4.78 is 19.6. The van der Waals surface area contributed by atoms with E-state index < -0.39 is 29.5 Å². The summed E-state index contributed by atoms with van der Waals surface area (Å²) in [6.07, 6.45) is 2.30. The largest absolute Gasteiger partial charge is 0.465 e. The number of carbonyl (C=O) groups is 3. The summed E-state index contributed by atoms with van der Waals surface area (Å²) >= 11 is 0.698. The van der Waals surface area contributed by atoms with Crippen molar-refractivity contribution in [2.24, 2.45) is 0 Å². The summed E-state index contributed by atoms with van der Waals surface area (Å²) in [5, 5.41) is -0.567. The molecule has 2 aliphatic heterocycles. The predicted octanol–water partition coefficient (Wildman–Crippen LogP) is 4.15. The first kappa shape index (κ1) is 21.4. The molecule has 0 aromatic heterocycles. The van der Waals surface area contributed by atoms with Gasteiger partial charge in [-0.1, -0.05) is 6.92 Å². The van der Waals surface area contributed by atoms with Crippen molar-refractivity contribution in [1.82, 2.24) is 4.90 Å². The molecule has 1 unspecified atom stereocenters. The summed E-state index contributed by atoms with van der Waals surface area (Å²) in [4.78, 5) is 39.3. The van der Waals surface area contributed by atoms with Crippen LogP contribution in [0.3, 0.4) is 0 Å². The molecule has 6 nitrogen and oxygen atoms in total. The molecule has 0 radical (unpaired) electrons. The van der Waals surface area contributed by atoms with Gasteiger partial charge < -0.3 is 9.64 Å². The molecule has 2 heterocycles. The van der Waals surface area contributed by atoms with Crippen LogP contribution in [0.1, 0.15) is 51.2 Å². The Hall–Kier alpha value is -2.35. The number of amides is 2. The molecule has 2 aliphatic rings. The Labute approximate surface area is 174 Å². The van der Waals surface area contributed by atoms with Crippen molar-refractivity contribution in [1.29, 1.82) is 0 Å². The molecule has 1 fully saturated rings. The Kier molecular flexibility index (Phi) is 5.76. The van der Waals surface area contributed by atoms with Crippen molar-refractivity contribution in [2.75, 3.05) is 25.1 Å². The molecular weight excluding hydrogens is 395 g/mol. The Balaban J connectivity index is 1.92. The lowest BCUT2D eigenvalue weighted by Gasteiger charge is -2.45. The Morgan fingerprint density at radius 2 is 2.07 bits per heavy atom. The van der Waals surface area contributed by atoms with Crippen LogP contribution in [0.4, 0.5) is 14.9 Å². The number of ether oxygens (including phenoxy) is 1. The van der Waals surface area contributed by atoms with E-state index in [9.17, 15) is 18.8 Å². The van der Waals surface area contributed by atoms with Gasteiger partial charge in [0.05, 0.1) is 11.5 Å². The molecule has 0 bridgehead atoms. The lowest BCUT2D eigenvalue weighted by molar-refractivity contribution is -0.145. The minimum Gasteiger partial charge on any atom is -0.465 e. The minimum absolute atomic E-state index is 0.0872. The van der Waals surface area contributed by atoms with Crippen molar-refractivity contribution in [3.8, 4) is 0 Å². The standard InChI is InChI=1S/C21H25FN2O4S/c1-6-28-18(25)11-24-19(26)17(29-20(24)27)8-13-7-14-12(2)10-21(3,4)23(5)16(14)9-15(13)22/h7-9,12H,6,10-11H2,1-5H3/b17-8-. The van der Waals surface area contributed by atoms with Gasteiger partial charge in [0.25, 0.3) is 11.1 Å². The van der Waals surface area contributed by atoms with Gasteiger partial charge in [-0.15, -0.1) is 0 Å². The van der Waals surface area contributed by atoms with Crippen molar-refractivity contribution >= 4 is 40.6 Å². The van der Waals surface area contributed by atoms with Gasteiger partial charge in [0, 0.05) is 23.8 Å². The van der Waals surface area contributed by atoms with Gasteiger partial charge in [-0.3, -0.25) is 19.3 Å². The molecule has 1 atom stereocenters. The van der Waals surface area contributed by atoms with Gasteiger partial charge in [0.1, 0.15) is 12.4 Å². The molecule has 1 aromatic carbocycles. The summed E-state index contributed by atoms with van der Waals surface area (Å²) in [6, 6.07) is 3.24. The highest BCUT2D eigenvalue weighted by atomic mass is 32.2. The molecule has 29 heavy (non-hydrogen) atoms. The number of hydrogen-bond acceptors (Lipinski definition) is 6. The molecule has 2 amide bonds. The second-order valence-corrected chi connectivity index (χ2v) is 8.98. The van der Waals surface area contributed by atoms with Crippen LogP contribution in [-0.4, -0.2) is 47.8 Å². The van der Waals surface area contributed by atoms with E-state index in [1.807, 2.05) is 7.05 Å². The third kappa shape index (κ3) is 4.03. The van der Waals surface area contributed by atoms with Crippen LogP contribution < -0.4 is 4.90 Å². The quantitative estimate of drug-likeness (QED) is 0.539. The lowest BCUT2D eigenvalue weighted by atomic mass is 9.80. The molecule has 0 saturated carbocycles. The summed E-state index contributed by atoms with van der Waals surface area (Å²) in [6.45, 7) is 7.70. The van der Waals surface area contributed by atoms with Crippen LogP contribution in [-0.2, 0) is 14.3 Å². The smallest absolute Gasteiger partial charge is 0.326 e. The zero-order chi connectivity index (χ0) is 21.5. The van der Waals surface area contributed by atoms with Crippen LogP contribution in [0.2, 0.25) is 0 Å². The first-order valence-electron chi connectivity index (χ1n) is 9.53. The van der Waals surface area contributed by atoms with Crippen LogP contribution in [0.15, 0.2) is 17.0 Å². The number of nitrogens with zero attached hydrogens (tertiary/aromatic N) is 2. The van der Waals surface area contributed by atoms with E-state index in [2.05, 4.69) is 25.7 Å². The number of anilines is 1. The number of fused-ring (bicyclic) bond motifs is 1. The molecule has 1 aromatic rings. The fourth-order valence-electron chi connectivity index (χ4n) is 3.83. The van der Waals surface area contributed by atoms with E-state index in [4.69, 9.17) is 4.74 Å². The van der Waals surface area contributed by atoms with Crippen LogP contribution in [0.25, 0.3) is 6.08 Å². The first-order chi connectivity index (χ1) is 13.5. The number of halogens is 1. The summed E-state index contributed by atoms with van der Waals surface area (Å²) in [7, 11) is 1.95. The van der Waals surface area contributed by atoms with Crippen molar-refractivity contribution in [3.63, 3.8) is 0 Å². The summed E-state index contributed by atoms with van der Waals surface area (Å²) in [5.74, 6) is -1.51.